The number of thiol groups is 1. The van der Waals surface area contributed by atoms with Gasteiger partial charge in [0, 0.05) is 11.4 Å². The van der Waals surface area contributed by atoms with Gasteiger partial charge in [-0.25, -0.2) is 0 Å². The Labute approximate surface area is 99.4 Å². The van der Waals surface area contributed by atoms with E-state index >= 15 is 0 Å². The molecule has 16 heavy (non-hydrogen) atoms. The Morgan fingerprint density at radius 1 is 1.62 bits per heavy atom. The highest BCUT2D eigenvalue weighted by Gasteiger charge is 2.12. The number of nitrogens with two attached hydrogens (primary N) is 1. The van der Waals surface area contributed by atoms with E-state index < -0.39 is 0 Å². The maximum atomic E-state index is 11.2. The van der Waals surface area contributed by atoms with Gasteiger partial charge in [0.15, 0.2) is 0 Å². The first-order valence-corrected chi connectivity index (χ1v) is 5.08. The molecule has 2 N–H and O–H groups in total. The van der Waals surface area contributed by atoms with Crippen molar-refractivity contribution >= 4 is 18.6 Å². The number of hydrogen-bond donors (Lipinski definition) is 2. The molecule has 0 spiro atoms. The van der Waals surface area contributed by atoms with Gasteiger partial charge < -0.3 is 10.5 Å². The number of rotatable bonds is 3. The lowest BCUT2D eigenvalue weighted by Crippen LogP contribution is -2.10. The summed E-state index contributed by atoms with van der Waals surface area (Å²) < 4.78 is 4.59. The molecule has 0 aliphatic rings. The van der Waals surface area contributed by atoms with E-state index in [-0.39, 0.29) is 18.9 Å². The van der Waals surface area contributed by atoms with Gasteiger partial charge in [-0.15, -0.1) is 12.6 Å². The highest BCUT2D eigenvalue weighted by molar-refractivity contribution is 7.80. The molecule has 0 aliphatic carbocycles. The average Bonchev–Trinajstić information content (AvgIpc) is 2.30. The molecule has 0 saturated heterocycles. The van der Waals surface area contributed by atoms with E-state index in [0.717, 1.165) is 11.1 Å². The van der Waals surface area contributed by atoms with Gasteiger partial charge in [0.2, 0.25) is 0 Å². The minimum atomic E-state index is -0.352. The summed E-state index contributed by atoms with van der Waals surface area (Å²) in [5, 5.41) is 8.78. The fraction of sp³-hybridized carbons (Fsp3) is 0.273. The summed E-state index contributed by atoms with van der Waals surface area (Å²) in [6.07, 6.45) is 0.119. The van der Waals surface area contributed by atoms with Gasteiger partial charge in [-0.3, -0.25) is 4.79 Å². The molecule has 0 atom stereocenters. The number of methoxy groups -OCH3 is 1. The van der Waals surface area contributed by atoms with Crippen LogP contribution in [0.15, 0.2) is 17.0 Å². The minimum absolute atomic E-state index is 0.119. The van der Waals surface area contributed by atoms with Gasteiger partial charge in [0.05, 0.1) is 25.2 Å². The number of hydrogen-bond acceptors (Lipinski definition) is 5. The molecule has 5 heteroatoms. The van der Waals surface area contributed by atoms with Crippen molar-refractivity contribution in [3.63, 3.8) is 0 Å². The fourth-order valence-corrected chi connectivity index (χ4v) is 1.74. The summed E-state index contributed by atoms with van der Waals surface area (Å²) in [6, 6.07) is 5.29. The van der Waals surface area contributed by atoms with Crippen molar-refractivity contribution in [2.75, 3.05) is 7.11 Å². The van der Waals surface area contributed by atoms with Crippen LogP contribution in [0.25, 0.3) is 0 Å². The monoisotopic (exact) mass is 236 g/mol. The Balaban J connectivity index is 3.17. The van der Waals surface area contributed by atoms with Crippen molar-refractivity contribution < 1.29 is 9.53 Å². The van der Waals surface area contributed by atoms with E-state index in [1.165, 1.54) is 7.11 Å². The predicted octanol–water partition coefficient (Wildman–Crippen LogP) is 1.02. The average molecular weight is 236 g/mol. The summed E-state index contributed by atoms with van der Waals surface area (Å²) in [5.74, 6) is -0.352. The second kappa shape index (κ2) is 5.54. The van der Waals surface area contributed by atoms with Crippen LogP contribution < -0.4 is 5.73 Å². The Hall–Kier alpha value is -1.51. The molecular formula is C11H12N2O2S. The van der Waals surface area contributed by atoms with Crippen molar-refractivity contribution in [2.45, 2.75) is 17.9 Å². The zero-order valence-corrected chi connectivity index (χ0v) is 9.75. The van der Waals surface area contributed by atoms with Crippen LogP contribution in [0.4, 0.5) is 0 Å². The quantitative estimate of drug-likeness (QED) is 0.607. The molecule has 0 fully saturated rings. The summed E-state index contributed by atoms with van der Waals surface area (Å²) in [7, 11) is 1.33. The second-order valence-electron chi connectivity index (χ2n) is 3.20. The van der Waals surface area contributed by atoms with Gasteiger partial charge >= 0.3 is 5.97 Å². The van der Waals surface area contributed by atoms with E-state index in [9.17, 15) is 4.79 Å². The van der Waals surface area contributed by atoms with E-state index in [4.69, 9.17) is 11.0 Å². The van der Waals surface area contributed by atoms with Gasteiger partial charge in [-0.1, -0.05) is 0 Å². The van der Waals surface area contributed by atoms with Crippen LogP contribution in [0.5, 0.6) is 0 Å². The minimum Gasteiger partial charge on any atom is -0.469 e. The summed E-state index contributed by atoms with van der Waals surface area (Å²) in [4.78, 5) is 11.8. The number of ether oxygens (including phenoxy) is 1. The number of carbonyl (C=O) groups excluding carboxylic acids is 1. The van der Waals surface area contributed by atoms with Crippen LogP contribution in [0.1, 0.15) is 16.7 Å². The van der Waals surface area contributed by atoms with E-state index in [0.29, 0.717) is 10.5 Å². The van der Waals surface area contributed by atoms with Crippen molar-refractivity contribution in [2.24, 2.45) is 5.73 Å². The normalized spacial score (nSPS) is 9.62. The van der Waals surface area contributed by atoms with Crippen LogP contribution in [-0.2, 0) is 22.5 Å². The molecule has 0 unspecified atom stereocenters. The lowest BCUT2D eigenvalue weighted by molar-refractivity contribution is -0.139. The number of nitriles is 1. The first kappa shape index (κ1) is 12.6. The first-order valence-electron chi connectivity index (χ1n) is 4.64. The number of nitrogens with zero attached hydrogens (tertiary/aromatic N) is 1. The largest absolute Gasteiger partial charge is 0.469 e. The summed E-state index contributed by atoms with van der Waals surface area (Å²) in [6.45, 7) is 0.259. The molecule has 84 valence electrons. The molecule has 1 aromatic rings. The third-order valence-corrected chi connectivity index (χ3v) is 2.62. The second-order valence-corrected chi connectivity index (χ2v) is 3.68. The van der Waals surface area contributed by atoms with Gasteiger partial charge in [0.25, 0.3) is 0 Å². The zero-order valence-electron chi connectivity index (χ0n) is 8.86. The van der Waals surface area contributed by atoms with Crippen LogP contribution in [0.3, 0.4) is 0 Å². The SMILES string of the molecule is COC(=O)Cc1c(S)cc(C#N)cc1CN. The van der Waals surface area contributed by atoms with E-state index in [2.05, 4.69) is 17.4 Å². The third-order valence-electron chi connectivity index (χ3n) is 2.22. The molecule has 0 saturated carbocycles. The smallest absolute Gasteiger partial charge is 0.310 e. The number of esters is 1. The van der Waals surface area contributed by atoms with Crippen molar-refractivity contribution in [1.82, 2.24) is 0 Å². The molecule has 4 nitrogen and oxygen atoms in total. The zero-order chi connectivity index (χ0) is 12.1. The van der Waals surface area contributed by atoms with E-state index in [1.807, 2.05) is 6.07 Å². The Morgan fingerprint density at radius 3 is 2.81 bits per heavy atom. The molecule has 0 amide bonds. The molecule has 0 heterocycles. The number of carbonyl (C=O) groups is 1. The predicted molar refractivity (Wildman–Crippen MR) is 62.0 cm³/mol. The van der Waals surface area contributed by atoms with Gasteiger partial charge in [-0.05, 0) is 23.3 Å². The lowest BCUT2D eigenvalue weighted by atomic mass is 10.0. The molecule has 0 aromatic heterocycles. The van der Waals surface area contributed by atoms with E-state index in [1.54, 1.807) is 12.1 Å². The van der Waals surface area contributed by atoms with Crippen molar-refractivity contribution in [3.05, 3.63) is 28.8 Å². The van der Waals surface area contributed by atoms with Crippen molar-refractivity contribution in [1.29, 1.82) is 5.26 Å². The molecule has 1 aromatic carbocycles. The molecule has 0 bridgehead atoms. The van der Waals surface area contributed by atoms with Gasteiger partial charge in [-0.2, -0.15) is 5.26 Å². The molecule has 1 rings (SSSR count). The highest BCUT2D eigenvalue weighted by Crippen LogP contribution is 2.21. The Kier molecular flexibility index (Phi) is 4.35. The van der Waals surface area contributed by atoms with Crippen LogP contribution in [-0.4, -0.2) is 13.1 Å². The topological polar surface area (TPSA) is 76.1 Å². The number of benzene rings is 1. The van der Waals surface area contributed by atoms with Crippen LogP contribution >= 0.6 is 12.6 Å². The Morgan fingerprint density at radius 2 is 2.31 bits per heavy atom. The van der Waals surface area contributed by atoms with Crippen LogP contribution in [0, 0.1) is 11.3 Å². The molecule has 0 radical (unpaired) electrons. The molecule has 0 aliphatic heterocycles. The summed E-state index contributed by atoms with van der Waals surface area (Å²) >= 11 is 4.24. The molecular weight excluding hydrogens is 224 g/mol. The third kappa shape index (κ3) is 2.75. The first-order chi connectivity index (χ1) is 7.62. The van der Waals surface area contributed by atoms with Crippen molar-refractivity contribution in [3.8, 4) is 6.07 Å². The lowest BCUT2D eigenvalue weighted by Gasteiger charge is -2.10. The summed E-state index contributed by atoms with van der Waals surface area (Å²) in [5.41, 5.74) is 7.51. The van der Waals surface area contributed by atoms with Crippen LogP contribution in [0.2, 0.25) is 0 Å². The Bertz CT molecular complexity index is 452. The fourth-order valence-electron chi connectivity index (χ4n) is 1.38. The standard InChI is InChI=1S/C11H12N2O2S/c1-15-11(14)4-9-8(6-13)2-7(5-12)3-10(9)16/h2-3,16H,4,6,13H2,1H3. The maximum absolute atomic E-state index is 11.2. The maximum Gasteiger partial charge on any atom is 0.310 e. The highest BCUT2D eigenvalue weighted by atomic mass is 32.1. The van der Waals surface area contributed by atoms with Gasteiger partial charge in [0.1, 0.15) is 0 Å².